The number of benzene rings is 1. The molecule has 0 radical (unpaired) electrons. The minimum Gasteiger partial charge on any atom is -0.370 e. The lowest BCUT2D eigenvalue weighted by Crippen LogP contribution is -2.07. The van der Waals surface area contributed by atoms with E-state index in [9.17, 15) is 0 Å². The van der Waals surface area contributed by atoms with Crippen LogP contribution in [0.1, 0.15) is 24.1 Å². The summed E-state index contributed by atoms with van der Waals surface area (Å²) in [6.07, 6.45) is 5.53. The van der Waals surface area contributed by atoms with Crippen molar-refractivity contribution in [1.29, 1.82) is 0 Å². The molecule has 112 valence electrons. The van der Waals surface area contributed by atoms with Gasteiger partial charge in [-0.3, -0.25) is 0 Å². The van der Waals surface area contributed by atoms with Crippen LogP contribution in [0.15, 0.2) is 18.2 Å². The second-order valence-electron chi connectivity index (χ2n) is 5.08. The van der Waals surface area contributed by atoms with E-state index in [1.165, 1.54) is 18.4 Å². The smallest absolute Gasteiger partial charge is 0.133 e. The van der Waals surface area contributed by atoms with Crippen LogP contribution >= 0.6 is 35.0 Å². The molecule has 0 atom stereocenters. The van der Waals surface area contributed by atoms with Crippen LogP contribution in [0.5, 0.6) is 0 Å². The third-order valence-corrected chi connectivity index (χ3v) is 5.02. The number of hydrogen-bond donors (Lipinski definition) is 1. The van der Waals surface area contributed by atoms with Crippen molar-refractivity contribution >= 4 is 40.8 Å². The highest BCUT2D eigenvalue weighted by Gasteiger charge is 2.21. The SMILES string of the molecule is CSCc1nn(-c2cccc(Cl)c2Cl)c2c1CCCCN2. The zero-order valence-corrected chi connectivity index (χ0v) is 14.2. The Bertz CT molecular complexity index is 655. The Morgan fingerprint density at radius 3 is 3.00 bits per heavy atom. The molecular weight excluding hydrogens is 325 g/mol. The molecule has 3 rings (SSSR count). The molecule has 3 nitrogen and oxygen atoms in total. The second kappa shape index (κ2) is 6.51. The molecule has 0 saturated carbocycles. The predicted octanol–water partition coefficient (Wildman–Crippen LogP) is 4.79. The summed E-state index contributed by atoms with van der Waals surface area (Å²) in [5.41, 5.74) is 3.29. The van der Waals surface area contributed by atoms with Crippen LogP contribution in [0.4, 0.5) is 5.82 Å². The molecular formula is C15H17Cl2N3S. The van der Waals surface area contributed by atoms with Crippen LogP contribution in [0, 0.1) is 0 Å². The monoisotopic (exact) mass is 341 g/mol. The van der Waals surface area contributed by atoms with Gasteiger partial charge < -0.3 is 5.32 Å². The number of aromatic nitrogens is 2. The molecule has 0 amide bonds. The molecule has 6 heteroatoms. The Labute approximate surface area is 139 Å². The van der Waals surface area contributed by atoms with Crippen LogP contribution in [0.2, 0.25) is 10.0 Å². The molecule has 1 aliphatic rings. The van der Waals surface area contributed by atoms with Crippen LogP contribution in [-0.4, -0.2) is 22.6 Å². The highest BCUT2D eigenvalue weighted by atomic mass is 35.5. The zero-order chi connectivity index (χ0) is 14.8. The normalized spacial score (nSPS) is 14.4. The third kappa shape index (κ3) is 2.89. The molecule has 0 spiro atoms. The Morgan fingerprint density at radius 2 is 2.19 bits per heavy atom. The van der Waals surface area contributed by atoms with Gasteiger partial charge in [-0.1, -0.05) is 29.3 Å². The van der Waals surface area contributed by atoms with Gasteiger partial charge in [0.1, 0.15) is 5.82 Å². The summed E-state index contributed by atoms with van der Waals surface area (Å²) in [6.45, 7) is 0.968. The van der Waals surface area contributed by atoms with Gasteiger partial charge in [0.2, 0.25) is 0 Å². The molecule has 0 aliphatic carbocycles. The maximum Gasteiger partial charge on any atom is 0.133 e. The van der Waals surface area contributed by atoms with Gasteiger partial charge >= 0.3 is 0 Å². The van der Waals surface area contributed by atoms with Crippen molar-refractivity contribution in [1.82, 2.24) is 9.78 Å². The lowest BCUT2D eigenvalue weighted by molar-refractivity contribution is 0.771. The summed E-state index contributed by atoms with van der Waals surface area (Å²) in [5, 5.41) is 9.39. The number of hydrogen-bond acceptors (Lipinski definition) is 3. The number of fused-ring (bicyclic) bond motifs is 1. The molecule has 1 aliphatic heterocycles. The van der Waals surface area contributed by atoms with Gasteiger partial charge in [-0.05, 0) is 37.7 Å². The first kappa shape index (κ1) is 15.1. The van der Waals surface area contributed by atoms with E-state index in [4.69, 9.17) is 28.3 Å². The van der Waals surface area contributed by atoms with E-state index in [2.05, 4.69) is 11.6 Å². The lowest BCUT2D eigenvalue weighted by Gasteiger charge is -2.11. The lowest BCUT2D eigenvalue weighted by atomic mass is 10.1. The first-order valence-corrected chi connectivity index (χ1v) is 9.15. The minimum atomic E-state index is 0.547. The van der Waals surface area contributed by atoms with Gasteiger partial charge in [0.15, 0.2) is 0 Å². The first-order chi connectivity index (χ1) is 10.2. The summed E-state index contributed by atoms with van der Waals surface area (Å²) >= 11 is 14.3. The van der Waals surface area contributed by atoms with E-state index in [0.717, 1.165) is 35.9 Å². The van der Waals surface area contributed by atoms with Crippen LogP contribution in [0.3, 0.4) is 0 Å². The quantitative estimate of drug-likeness (QED) is 0.870. The Balaban J connectivity index is 2.16. The van der Waals surface area contributed by atoms with E-state index >= 15 is 0 Å². The second-order valence-corrected chi connectivity index (χ2v) is 6.73. The number of rotatable bonds is 3. The average Bonchev–Trinajstić information content (AvgIpc) is 2.66. The Kier molecular flexibility index (Phi) is 4.67. The van der Waals surface area contributed by atoms with Gasteiger partial charge in [0, 0.05) is 17.9 Å². The van der Waals surface area contributed by atoms with Crippen molar-refractivity contribution in [2.24, 2.45) is 0 Å². The van der Waals surface area contributed by atoms with Crippen molar-refractivity contribution < 1.29 is 0 Å². The number of halogens is 2. The molecule has 0 bridgehead atoms. The van der Waals surface area contributed by atoms with Crippen LogP contribution in [0.25, 0.3) is 5.69 Å². The van der Waals surface area contributed by atoms with Gasteiger partial charge in [-0.2, -0.15) is 16.9 Å². The maximum atomic E-state index is 6.37. The van der Waals surface area contributed by atoms with Crippen molar-refractivity contribution in [3.05, 3.63) is 39.5 Å². The highest BCUT2D eigenvalue weighted by Crippen LogP contribution is 2.34. The molecule has 1 aromatic carbocycles. The molecule has 21 heavy (non-hydrogen) atoms. The number of nitrogens with zero attached hydrogens (tertiary/aromatic N) is 2. The first-order valence-electron chi connectivity index (χ1n) is 7.00. The third-order valence-electron chi connectivity index (χ3n) is 3.65. The van der Waals surface area contributed by atoms with Gasteiger partial charge in [0.05, 0.1) is 21.4 Å². The number of nitrogens with one attached hydrogen (secondary N) is 1. The molecule has 2 heterocycles. The zero-order valence-electron chi connectivity index (χ0n) is 11.8. The Morgan fingerprint density at radius 1 is 1.33 bits per heavy atom. The number of anilines is 1. The molecule has 0 unspecified atom stereocenters. The van der Waals surface area contributed by atoms with Gasteiger partial charge in [0.25, 0.3) is 0 Å². The summed E-state index contributed by atoms with van der Waals surface area (Å²) in [7, 11) is 0. The standard InChI is InChI=1S/C15H17Cl2N3S/c1-21-9-12-10-5-2-3-8-18-15(10)20(19-12)13-7-4-6-11(16)14(13)17/h4,6-7,18H,2-3,5,8-9H2,1H3. The van der Waals surface area contributed by atoms with E-state index in [1.807, 2.05) is 16.8 Å². The predicted molar refractivity (Wildman–Crippen MR) is 92.2 cm³/mol. The van der Waals surface area contributed by atoms with Gasteiger partial charge in [-0.25, -0.2) is 4.68 Å². The molecule has 1 N–H and O–H groups in total. The minimum absolute atomic E-state index is 0.547. The molecule has 0 saturated heterocycles. The fraction of sp³-hybridized carbons (Fsp3) is 0.400. The summed E-state index contributed by atoms with van der Waals surface area (Å²) in [4.78, 5) is 0. The maximum absolute atomic E-state index is 6.37. The number of thioether (sulfide) groups is 1. The summed E-state index contributed by atoms with van der Waals surface area (Å²) < 4.78 is 1.92. The fourth-order valence-corrected chi connectivity index (χ4v) is 3.54. The Hall–Kier alpha value is -0.840. The summed E-state index contributed by atoms with van der Waals surface area (Å²) in [6, 6.07) is 5.66. The highest BCUT2D eigenvalue weighted by molar-refractivity contribution is 7.97. The van der Waals surface area contributed by atoms with E-state index in [-0.39, 0.29) is 0 Å². The van der Waals surface area contributed by atoms with Crippen molar-refractivity contribution in [3.8, 4) is 5.69 Å². The molecule has 0 fully saturated rings. The van der Waals surface area contributed by atoms with Crippen molar-refractivity contribution in [2.75, 3.05) is 18.1 Å². The van der Waals surface area contributed by atoms with Gasteiger partial charge in [-0.15, -0.1) is 0 Å². The van der Waals surface area contributed by atoms with Crippen LogP contribution in [-0.2, 0) is 12.2 Å². The van der Waals surface area contributed by atoms with Crippen molar-refractivity contribution in [2.45, 2.75) is 25.0 Å². The van der Waals surface area contributed by atoms with Crippen LogP contribution < -0.4 is 5.32 Å². The van der Waals surface area contributed by atoms with E-state index in [1.54, 1.807) is 17.8 Å². The summed E-state index contributed by atoms with van der Waals surface area (Å²) in [5.74, 6) is 1.98. The topological polar surface area (TPSA) is 29.9 Å². The van der Waals surface area contributed by atoms with E-state index in [0.29, 0.717) is 10.0 Å². The fourth-order valence-electron chi connectivity index (χ4n) is 2.66. The van der Waals surface area contributed by atoms with E-state index < -0.39 is 0 Å². The largest absolute Gasteiger partial charge is 0.370 e. The van der Waals surface area contributed by atoms with Crippen molar-refractivity contribution in [3.63, 3.8) is 0 Å². The average molecular weight is 342 g/mol. The molecule has 2 aromatic rings. The molecule has 1 aromatic heterocycles.